The maximum atomic E-state index is 8.75. The van der Waals surface area contributed by atoms with Crippen molar-refractivity contribution < 1.29 is 0 Å². The second-order valence-electron chi connectivity index (χ2n) is 3.00. The molecule has 0 atom stereocenters. The molecular weight excluding hydrogens is 202 g/mol. The molecule has 1 rings (SSSR count). The third-order valence-electron chi connectivity index (χ3n) is 1.27. The molecule has 0 amide bonds. The molecule has 2 N–H and O–H groups in total. The Morgan fingerprint density at radius 2 is 2.38 bits per heavy atom. The molecule has 0 aliphatic rings. The van der Waals surface area contributed by atoms with Crippen molar-refractivity contribution in [2.75, 3.05) is 11.5 Å². The van der Waals surface area contributed by atoms with Gasteiger partial charge in [0.1, 0.15) is 16.0 Å². The average molecular weight is 213 g/mol. The molecule has 0 aliphatic heterocycles. The van der Waals surface area contributed by atoms with Crippen LogP contribution in [0.3, 0.4) is 0 Å². The second kappa shape index (κ2) is 4.49. The van der Waals surface area contributed by atoms with Gasteiger partial charge in [-0.3, -0.25) is 0 Å². The predicted octanol–water partition coefficient (Wildman–Crippen LogP) is 2.35. The zero-order chi connectivity index (χ0) is 9.84. The first-order chi connectivity index (χ1) is 6.13. The van der Waals surface area contributed by atoms with Crippen molar-refractivity contribution in [3.05, 3.63) is 4.88 Å². The fraction of sp³-hybridized carbons (Fsp3) is 0.500. The molecule has 0 saturated carbocycles. The van der Waals surface area contributed by atoms with Crippen LogP contribution >= 0.6 is 23.1 Å². The van der Waals surface area contributed by atoms with E-state index >= 15 is 0 Å². The number of thiazole rings is 1. The quantitative estimate of drug-likeness (QED) is 0.783. The number of hydrogen-bond donors (Lipinski definition) is 1. The molecule has 0 unspecified atom stereocenters. The van der Waals surface area contributed by atoms with E-state index in [0.29, 0.717) is 15.9 Å². The lowest BCUT2D eigenvalue weighted by Crippen LogP contribution is -1.91. The number of thioether (sulfide) groups is 1. The van der Waals surface area contributed by atoms with E-state index in [1.54, 1.807) is 11.8 Å². The van der Waals surface area contributed by atoms with Gasteiger partial charge in [0.25, 0.3) is 0 Å². The normalized spacial score (nSPS) is 10.3. The summed E-state index contributed by atoms with van der Waals surface area (Å²) in [5, 5.41) is 10.00. The van der Waals surface area contributed by atoms with Gasteiger partial charge in [0.05, 0.1) is 0 Å². The van der Waals surface area contributed by atoms with E-state index in [2.05, 4.69) is 24.9 Å². The number of nitrogens with two attached hydrogens (primary N) is 1. The average Bonchev–Trinajstić information content (AvgIpc) is 2.42. The summed E-state index contributed by atoms with van der Waals surface area (Å²) >= 11 is 2.85. The summed E-state index contributed by atoms with van der Waals surface area (Å²) in [6, 6.07) is 2.10. The summed E-state index contributed by atoms with van der Waals surface area (Å²) in [5.74, 6) is 1.57. The Balaban J connectivity index is 2.71. The molecule has 0 saturated heterocycles. The largest absolute Gasteiger partial charge is 0.375 e. The molecule has 0 radical (unpaired) electrons. The molecule has 0 bridgehead atoms. The molecule has 5 heteroatoms. The maximum Gasteiger partial charge on any atom is 0.182 e. The van der Waals surface area contributed by atoms with Crippen molar-refractivity contribution in [2.24, 2.45) is 5.92 Å². The Kier molecular flexibility index (Phi) is 3.58. The van der Waals surface area contributed by atoms with Gasteiger partial charge in [-0.25, -0.2) is 4.98 Å². The van der Waals surface area contributed by atoms with E-state index in [1.165, 1.54) is 11.3 Å². The number of rotatable bonds is 3. The van der Waals surface area contributed by atoms with Crippen LogP contribution in [0.1, 0.15) is 18.7 Å². The zero-order valence-electron chi connectivity index (χ0n) is 7.57. The first kappa shape index (κ1) is 10.4. The van der Waals surface area contributed by atoms with Crippen molar-refractivity contribution >= 4 is 28.2 Å². The smallest absolute Gasteiger partial charge is 0.182 e. The summed E-state index contributed by atoms with van der Waals surface area (Å²) in [6.07, 6.45) is 0. The van der Waals surface area contributed by atoms with Crippen LogP contribution in [-0.2, 0) is 0 Å². The summed E-state index contributed by atoms with van der Waals surface area (Å²) in [7, 11) is 0. The fourth-order valence-corrected chi connectivity index (χ4v) is 2.45. The van der Waals surface area contributed by atoms with Gasteiger partial charge in [-0.05, 0) is 5.92 Å². The molecule has 1 aromatic rings. The summed E-state index contributed by atoms with van der Waals surface area (Å²) in [6.45, 7) is 4.27. The first-order valence-electron chi connectivity index (χ1n) is 3.92. The highest BCUT2D eigenvalue weighted by molar-refractivity contribution is 7.99. The minimum Gasteiger partial charge on any atom is -0.375 e. The molecule has 0 fully saturated rings. The lowest BCUT2D eigenvalue weighted by molar-refractivity contribution is 0.749. The number of hydrogen-bond acceptors (Lipinski definition) is 5. The molecule has 0 aliphatic carbocycles. The number of nitriles is 1. The van der Waals surface area contributed by atoms with Gasteiger partial charge < -0.3 is 5.73 Å². The van der Waals surface area contributed by atoms with Crippen LogP contribution in [0.25, 0.3) is 0 Å². The Morgan fingerprint density at radius 3 is 2.92 bits per heavy atom. The summed E-state index contributed by atoms with van der Waals surface area (Å²) in [5.41, 5.74) is 5.50. The topological polar surface area (TPSA) is 62.7 Å². The van der Waals surface area contributed by atoms with Gasteiger partial charge in [-0.1, -0.05) is 25.2 Å². The number of nitrogen functional groups attached to an aromatic ring is 1. The van der Waals surface area contributed by atoms with E-state index < -0.39 is 0 Å². The Morgan fingerprint density at radius 1 is 1.69 bits per heavy atom. The number of nitrogens with zero attached hydrogens (tertiary/aromatic N) is 2. The van der Waals surface area contributed by atoms with Crippen molar-refractivity contribution in [3.8, 4) is 6.07 Å². The minimum absolute atomic E-state index is 0.475. The van der Waals surface area contributed by atoms with E-state index in [4.69, 9.17) is 11.0 Å². The van der Waals surface area contributed by atoms with Crippen molar-refractivity contribution in [3.63, 3.8) is 0 Å². The van der Waals surface area contributed by atoms with E-state index in [9.17, 15) is 0 Å². The maximum absolute atomic E-state index is 8.75. The molecule has 3 nitrogen and oxygen atoms in total. The van der Waals surface area contributed by atoms with Crippen molar-refractivity contribution in [1.82, 2.24) is 4.98 Å². The van der Waals surface area contributed by atoms with Crippen LogP contribution in [0, 0.1) is 17.2 Å². The first-order valence-corrected chi connectivity index (χ1v) is 5.73. The van der Waals surface area contributed by atoms with E-state index in [0.717, 1.165) is 10.8 Å². The van der Waals surface area contributed by atoms with Crippen molar-refractivity contribution in [2.45, 2.75) is 18.9 Å². The molecule has 1 heterocycles. The third kappa shape index (κ3) is 2.90. The van der Waals surface area contributed by atoms with Crippen LogP contribution in [0.4, 0.5) is 5.13 Å². The molecule has 70 valence electrons. The molecule has 0 aromatic carbocycles. The van der Waals surface area contributed by atoms with Gasteiger partial charge in [0.2, 0.25) is 0 Å². The standard InChI is InChI=1S/C8H11N3S2/c1-5(2)4-12-7-6(3-9)13-8(10)11-7/h5H,4H2,1-2H3,(H2,10,11). The van der Waals surface area contributed by atoms with Gasteiger partial charge in [0.15, 0.2) is 5.13 Å². The lowest BCUT2D eigenvalue weighted by atomic mass is 10.3. The van der Waals surface area contributed by atoms with Crippen LogP contribution in [0.2, 0.25) is 0 Å². The highest BCUT2D eigenvalue weighted by atomic mass is 32.2. The van der Waals surface area contributed by atoms with Gasteiger partial charge in [0, 0.05) is 5.75 Å². The Bertz CT molecular complexity index is 325. The number of anilines is 1. The van der Waals surface area contributed by atoms with Crippen molar-refractivity contribution in [1.29, 1.82) is 5.26 Å². The minimum atomic E-state index is 0.475. The highest BCUT2D eigenvalue weighted by Crippen LogP contribution is 2.29. The van der Waals surface area contributed by atoms with Crippen LogP contribution < -0.4 is 5.73 Å². The SMILES string of the molecule is CC(C)CSc1nc(N)sc1C#N. The third-order valence-corrected chi connectivity index (χ3v) is 3.59. The Hall–Kier alpha value is -0.730. The summed E-state index contributed by atoms with van der Waals surface area (Å²) < 4.78 is 0. The van der Waals surface area contributed by atoms with Gasteiger partial charge >= 0.3 is 0 Å². The van der Waals surface area contributed by atoms with Crippen LogP contribution in [0.15, 0.2) is 5.03 Å². The van der Waals surface area contributed by atoms with E-state index in [-0.39, 0.29) is 0 Å². The monoisotopic (exact) mass is 213 g/mol. The van der Waals surface area contributed by atoms with E-state index in [1.807, 2.05) is 0 Å². The molecule has 1 aromatic heterocycles. The predicted molar refractivity (Wildman–Crippen MR) is 56.8 cm³/mol. The highest BCUT2D eigenvalue weighted by Gasteiger charge is 2.09. The lowest BCUT2D eigenvalue weighted by Gasteiger charge is -2.00. The molecule has 0 spiro atoms. The van der Waals surface area contributed by atoms with Crippen LogP contribution in [0.5, 0.6) is 0 Å². The Labute approximate surface area is 86.0 Å². The fourth-order valence-electron chi connectivity index (χ4n) is 0.736. The number of aromatic nitrogens is 1. The van der Waals surface area contributed by atoms with Gasteiger partial charge in [-0.15, -0.1) is 11.8 Å². The second-order valence-corrected chi connectivity index (χ2v) is 5.04. The summed E-state index contributed by atoms with van der Waals surface area (Å²) in [4.78, 5) is 4.72. The molecule has 13 heavy (non-hydrogen) atoms. The molecular formula is C8H11N3S2. The zero-order valence-corrected chi connectivity index (χ0v) is 9.21. The van der Waals surface area contributed by atoms with Gasteiger partial charge in [-0.2, -0.15) is 5.26 Å². The van der Waals surface area contributed by atoms with Crippen LogP contribution in [-0.4, -0.2) is 10.7 Å².